The van der Waals surface area contributed by atoms with Crippen molar-refractivity contribution in [1.82, 2.24) is 20.1 Å². The predicted octanol–water partition coefficient (Wildman–Crippen LogP) is 2.69. The van der Waals surface area contributed by atoms with E-state index in [-0.39, 0.29) is 11.5 Å². The minimum absolute atomic E-state index is 0.136. The van der Waals surface area contributed by atoms with Gasteiger partial charge in [-0.15, -0.1) is 0 Å². The summed E-state index contributed by atoms with van der Waals surface area (Å²) in [5.74, 6) is 1.42. The summed E-state index contributed by atoms with van der Waals surface area (Å²) in [4.78, 5) is 27.7. The van der Waals surface area contributed by atoms with Crippen LogP contribution in [0.4, 0.5) is 0 Å². The molecule has 0 radical (unpaired) electrons. The van der Waals surface area contributed by atoms with Crippen LogP contribution in [0.1, 0.15) is 34.3 Å². The lowest BCUT2D eigenvalue weighted by Crippen LogP contribution is -2.43. The summed E-state index contributed by atoms with van der Waals surface area (Å²) in [6.45, 7) is 7.39. The van der Waals surface area contributed by atoms with Crippen molar-refractivity contribution < 1.29 is 14.3 Å². The van der Waals surface area contributed by atoms with Crippen LogP contribution in [-0.2, 0) is 13.1 Å². The SMILES string of the molecule is CNC(=O)c1cc(=O)n(CCN2CCC(NCc3ccc4c(c3)OCCO4)CC2)c2cc(C)ccc12. The molecule has 2 N–H and O–H groups in total. The zero-order chi connectivity index (χ0) is 25.1. The van der Waals surface area contributed by atoms with Crippen molar-refractivity contribution >= 4 is 16.8 Å². The molecular weight excluding hydrogens is 456 g/mol. The first-order valence-electron chi connectivity index (χ1n) is 12.7. The van der Waals surface area contributed by atoms with Gasteiger partial charge in [0.2, 0.25) is 0 Å². The number of aromatic nitrogens is 1. The van der Waals surface area contributed by atoms with Crippen molar-refractivity contribution in [2.45, 2.75) is 38.9 Å². The van der Waals surface area contributed by atoms with Crippen molar-refractivity contribution in [3.05, 3.63) is 69.5 Å². The molecule has 8 nitrogen and oxygen atoms in total. The number of rotatable bonds is 7. The number of hydrogen-bond donors (Lipinski definition) is 2. The van der Waals surface area contributed by atoms with E-state index in [1.807, 2.05) is 31.2 Å². The summed E-state index contributed by atoms with van der Waals surface area (Å²) in [7, 11) is 1.59. The van der Waals surface area contributed by atoms with Gasteiger partial charge in [-0.05, 0) is 62.2 Å². The van der Waals surface area contributed by atoms with Crippen LogP contribution in [-0.4, -0.2) is 61.3 Å². The average Bonchev–Trinajstić information content (AvgIpc) is 2.91. The first-order valence-corrected chi connectivity index (χ1v) is 12.7. The number of amides is 1. The van der Waals surface area contributed by atoms with Crippen molar-refractivity contribution in [3.8, 4) is 11.5 Å². The summed E-state index contributed by atoms with van der Waals surface area (Å²) >= 11 is 0. The molecule has 3 heterocycles. The number of piperidine rings is 1. The number of fused-ring (bicyclic) bond motifs is 2. The third kappa shape index (κ3) is 5.24. The number of carbonyl (C=O) groups is 1. The second-order valence-electron chi connectivity index (χ2n) is 9.62. The fraction of sp³-hybridized carbons (Fsp3) is 0.429. The molecule has 0 bridgehead atoms. The standard InChI is InChI=1S/C28H34N4O4/c1-19-3-5-22-23(28(34)29-2)17-27(33)32(24(22)15-19)12-11-31-9-7-21(8-10-31)30-18-20-4-6-25-26(16-20)36-14-13-35-25/h3-6,15-17,21,30H,7-14,18H2,1-2H3,(H,29,34). The normalized spacial score (nSPS) is 16.3. The highest BCUT2D eigenvalue weighted by molar-refractivity contribution is 6.06. The van der Waals surface area contributed by atoms with Gasteiger partial charge in [-0.25, -0.2) is 0 Å². The molecule has 2 aliphatic rings. The van der Waals surface area contributed by atoms with Crippen molar-refractivity contribution in [1.29, 1.82) is 0 Å². The van der Waals surface area contributed by atoms with Gasteiger partial charge >= 0.3 is 0 Å². The van der Waals surface area contributed by atoms with E-state index in [4.69, 9.17) is 9.47 Å². The second kappa shape index (κ2) is 10.7. The van der Waals surface area contributed by atoms with E-state index in [0.717, 1.165) is 67.0 Å². The molecule has 1 saturated heterocycles. The maximum atomic E-state index is 13.0. The fourth-order valence-corrected chi connectivity index (χ4v) is 5.11. The van der Waals surface area contributed by atoms with Gasteiger partial charge < -0.3 is 29.6 Å². The van der Waals surface area contributed by atoms with Gasteiger partial charge in [0.1, 0.15) is 13.2 Å². The van der Waals surface area contributed by atoms with E-state index in [2.05, 4.69) is 27.7 Å². The van der Waals surface area contributed by atoms with Crippen LogP contribution in [0.2, 0.25) is 0 Å². The van der Waals surface area contributed by atoms with Gasteiger partial charge in [-0.1, -0.05) is 18.2 Å². The molecule has 0 atom stereocenters. The molecule has 0 spiro atoms. The van der Waals surface area contributed by atoms with E-state index in [9.17, 15) is 9.59 Å². The molecule has 2 aliphatic heterocycles. The predicted molar refractivity (Wildman–Crippen MR) is 140 cm³/mol. The number of carbonyl (C=O) groups excluding carboxylic acids is 1. The highest BCUT2D eigenvalue weighted by Gasteiger charge is 2.20. The Morgan fingerprint density at radius 2 is 1.78 bits per heavy atom. The van der Waals surface area contributed by atoms with Crippen molar-refractivity contribution in [3.63, 3.8) is 0 Å². The number of hydrogen-bond acceptors (Lipinski definition) is 6. The largest absolute Gasteiger partial charge is 0.486 e. The maximum absolute atomic E-state index is 13.0. The Balaban J connectivity index is 1.18. The number of benzene rings is 2. The van der Waals surface area contributed by atoms with Gasteiger partial charge in [0, 0.05) is 44.2 Å². The topological polar surface area (TPSA) is 84.8 Å². The third-order valence-corrected chi connectivity index (χ3v) is 7.17. The molecule has 1 fully saturated rings. The van der Waals surface area contributed by atoms with Gasteiger partial charge in [0.25, 0.3) is 11.5 Å². The fourth-order valence-electron chi connectivity index (χ4n) is 5.11. The number of ether oxygens (including phenoxy) is 2. The van der Waals surface area contributed by atoms with E-state index < -0.39 is 0 Å². The van der Waals surface area contributed by atoms with Crippen LogP contribution in [0.25, 0.3) is 10.9 Å². The molecule has 1 aromatic heterocycles. The van der Waals surface area contributed by atoms with E-state index in [1.165, 1.54) is 11.6 Å². The number of pyridine rings is 1. The number of nitrogens with zero attached hydrogens (tertiary/aromatic N) is 2. The molecule has 0 saturated carbocycles. The molecule has 1 amide bonds. The number of likely N-dealkylation sites (tertiary alicyclic amines) is 1. The Morgan fingerprint density at radius 3 is 2.56 bits per heavy atom. The Bertz CT molecular complexity index is 1310. The molecule has 190 valence electrons. The Labute approximate surface area is 211 Å². The van der Waals surface area contributed by atoms with Gasteiger partial charge in [0.05, 0.1) is 11.1 Å². The molecule has 36 heavy (non-hydrogen) atoms. The second-order valence-corrected chi connectivity index (χ2v) is 9.62. The van der Waals surface area contributed by atoms with Gasteiger partial charge in [-0.2, -0.15) is 0 Å². The quantitative estimate of drug-likeness (QED) is 0.530. The number of aryl methyl sites for hydroxylation is 1. The average molecular weight is 491 g/mol. The maximum Gasteiger partial charge on any atom is 0.251 e. The lowest BCUT2D eigenvalue weighted by Gasteiger charge is -2.32. The van der Waals surface area contributed by atoms with Crippen molar-refractivity contribution in [2.24, 2.45) is 0 Å². The molecule has 2 aromatic carbocycles. The Kier molecular flexibility index (Phi) is 7.25. The lowest BCUT2D eigenvalue weighted by molar-refractivity contribution is 0.0964. The summed E-state index contributed by atoms with van der Waals surface area (Å²) in [6, 6.07) is 14.0. The smallest absolute Gasteiger partial charge is 0.251 e. The molecule has 3 aromatic rings. The van der Waals surface area contributed by atoms with E-state index in [0.29, 0.717) is 31.4 Å². The molecule has 0 aliphatic carbocycles. The zero-order valence-electron chi connectivity index (χ0n) is 21.0. The van der Waals surface area contributed by atoms with Crippen LogP contribution in [0.5, 0.6) is 11.5 Å². The molecular formula is C28H34N4O4. The van der Waals surface area contributed by atoms with Crippen LogP contribution in [0.3, 0.4) is 0 Å². The first-order chi connectivity index (χ1) is 17.5. The lowest BCUT2D eigenvalue weighted by atomic mass is 10.0. The van der Waals surface area contributed by atoms with Crippen LogP contribution >= 0.6 is 0 Å². The van der Waals surface area contributed by atoms with Crippen LogP contribution < -0.4 is 25.7 Å². The summed E-state index contributed by atoms with van der Waals surface area (Å²) in [6.07, 6.45) is 2.13. The number of nitrogens with one attached hydrogen (secondary N) is 2. The minimum Gasteiger partial charge on any atom is -0.486 e. The zero-order valence-corrected chi connectivity index (χ0v) is 21.0. The van der Waals surface area contributed by atoms with Crippen LogP contribution in [0.15, 0.2) is 47.3 Å². The summed E-state index contributed by atoms with van der Waals surface area (Å²) in [5, 5.41) is 7.14. The van der Waals surface area contributed by atoms with Crippen molar-refractivity contribution in [2.75, 3.05) is 39.9 Å². The molecule has 8 heteroatoms. The Hall–Kier alpha value is -3.36. The van der Waals surface area contributed by atoms with Gasteiger partial charge in [-0.3, -0.25) is 9.59 Å². The summed E-state index contributed by atoms with van der Waals surface area (Å²) in [5.41, 5.74) is 3.37. The third-order valence-electron chi connectivity index (χ3n) is 7.17. The monoisotopic (exact) mass is 490 g/mol. The summed E-state index contributed by atoms with van der Waals surface area (Å²) < 4.78 is 13.1. The first kappa shape index (κ1) is 24.3. The highest BCUT2D eigenvalue weighted by atomic mass is 16.6. The van der Waals surface area contributed by atoms with Gasteiger partial charge in [0.15, 0.2) is 11.5 Å². The molecule has 0 unspecified atom stereocenters. The highest BCUT2D eigenvalue weighted by Crippen LogP contribution is 2.30. The van der Waals surface area contributed by atoms with E-state index >= 15 is 0 Å². The minimum atomic E-state index is -0.237. The van der Waals surface area contributed by atoms with Crippen LogP contribution in [0, 0.1) is 6.92 Å². The molecule has 5 rings (SSSR count). The Morgan fingerprint density at radius 1 is 1.00 bits per heavy atom. The van der Waals surface area contributed by atoms with E-state index in [1.54, 1.807) is 11.6 Å².